The fourth-order valence-corrected chi connectivity index (χ4v) is 6.45. The van der Waals surface area contributed by atoms with Gasteiger partial charge in [0, 0.05) is 35.2 Å². The van der Waals surface area contributed by atoms with E-state index in [2.05, 4.69) is 6.07 Å². The monoisotopic (exact) mass is 373 g/mol. The Kier molecular flexibility index (Phi) is 7.08. The number of alkyl halides is 3. The van der Waals surface area contributed by atoms with Gasteiger partial charge in [-0.05, 0) is 25.7 Å². The van der Waals surface area contributed by atoms with Crippen LogP contribution in [0.3, 0.4) is 0 Å². The number of hydrogen-bond donors (Lipinski definition) is 0. The van der Waals surface area contributed by atoms with E-state index in [0.29, 0.717) is 16.1 Å². The van der Waals surface area contributed by atoms with Crippen LogP contribution < -0.4 is 0 Å². The predicted molar refractivity (Wildman–Crippen MR) is 84.3 cm³/mol. The molecule has 0 amide bonds. The molecule has 0 aromatic rings. The van der Waals surface area contributed by atoms with E-state index < -0.39 is 18.7 Å². The molecule has 0 aromatic heterocycles. The predicted octanol–water partition coefficient (Wildman–Crippen LogP) is 4.79. The Morgan fingerprint density at radius 3 is 2.45 bits per heavy atom. The number of halogens is 3. The minimum atomic E-state index is -4.20. The van der Waals surface area contributed by atoms with Crippen molar-refractivity contribution in [1.82, 2.24) is 0 Å². The van der Waals surface area contributed by atoms with Crippen molar-refractivity contribution in [2.45, 2.75) is 48.5 Å². The molecule has 0 aromatic carbocycles. The summed E-state index contributed by atoms with van der Waals surface area (Å²) in [4.78, 5) is 5.02. The molecule has 1 aliphatic heterocycles. The van der Waals surface area contributed by atoms with Gasteiger partial charge in [-0.25, -0.2) is 4.89 Å². The van der Waals surface area contributed by atoms with Crippen molar-refractivity contribution in [3.8, 4) is 6.07 Å². The topological polar surface area (TPSA) is 42.2 Å². The summed E-state index contributed by atoms with van der Waals surface area (Å²) in [5.41, 5.74) is 0. The molecule has 2 fully saturated rings. The third kappa shape index (κ3) is 5.71. The fourth-order valence-electron chi connectivity index (χ4n) is 2.64. The first-order valence-corrected chi connectivity index (χ1v) is 10.0. The summed E-state index contributed by atoms with van der Waals surface area (Å²) < 4.78 is 41.0. The van der Waals surface area contributed by atoms with Crippen molar-refractivity contribution in [1.29, 1.82) is 5.26 Å². The summed E-state index contributed by atoms with van der Waals surface area (Å²) in [7, 11) is 0. The highest BCUT2D eigenvalue weighted by Crippen LogP contribution is 2.54. The molecular weight excluding hydrogens is 355 g/mol. The van der Waals surface area contributed by atoms with Crippen LogP contribution in [-0.4, -0.2) is 33.6 Å². The van der Waals surface area contributed by atoms with Gasteiger partial charge < -0.3 is 0 Å². The maximum Gasteiger partial charge on any atom is 0.389 e. The van der Waals surface area contributed by atoms with Crippen LogP contribution in [0.25, 0.3) is 0 Å². The molecule has 1 saturated heterocycles. The molecule has 9 heteroatoms. The molecule has 2 rings (SSSR count). The Bertz CT molecular complexity index is 387. The second kappa shape index (κ2) is 8.38. The van der Waals surface area contributed by atoms with Crippen LogP contribution in [0.5, 0.6) is 0 Å². The molecule has 22 heavy (non-hydrogen) atoms. The standard InChI is InChI=1S/C13H18F3NO2S3/c14-13(15,16)5-6-22-19-18-11(9-17)10-1-3-12(4-2-10)20-7-8-21-12/h10-11H,1-8H2. The second-order valence-corrected chi connectivity index (χ2v) is 9.34. The normalized spacial score (nSPS) is 23.5. The van der Waals surface area contributed by atoms with Crippen molar-refractivity contribution in [3.63, 3.8) is 0 Å². The highest BCUT2D eigenvalue weighted by atomic mass is 32.2. The molecule has 1 aliphatic carbocycles. The van der Waals surface area contributed by atoms with Gasteiger partial charge in [-0.2, -0.15) is 22.8 Å². The Morgan fingerprint density at radius 2 is 1.91 bits per heavy atom. The molecule has 0 radical (unpaired) electrons. The van der Waals surface area contributed by atoms with Crippen molar-refractivity contribution in [2.75, 3.05) is 17.3 Å². The molecule has 0 bridgehead atoms. The molecule has 0 N–H and O–H groups in total. The molecule has 1 heterocycles. The summed E-state index contributed by atoms with van der Waals surface area (Å²) in [5, 5.41) is 9.17. The SMILES string of the molecule is N#CC(OOSCCC(F)(F)F)C1CCC2(CC1)SCCS2. The first-order valence-electron chi connectivity index (χ1n) is 7.13. The van der Waals surface area contributed by atoms with Crippen molar-refractivity contribution >= 4 is 35.6 Å². The van der Waals surface area contributed by atoms with E-state index in [1.54, 1.807) is 0 Å². The van der Waals surface area contributed by atoms with Gasteiger partial charge in [0.1, 0.15) is 0 Å². The highest BCUT2D eigenvalue weighted by Gasteiger charge is 2.41. The molecular formula is C13H18F3NO2S3. The maximum atomic E-state index is 12.0. The molecule has 2 aliphatic rings. The van der Waals surface area contributed by atoms with Crippen LogP contribution in [0.2, 0.25) is 0 Å². The summed E-state index contributed by atoms with van der Waals surface area (Å²) in [5.74, 6) is 2.24. The molecule has 1 unspecified atom stereocenters. The number of nitriles is 1. The molecule has 1 atom stereocenters. The fraction of sp³-hybridized carbons (Fsp3) is 0.923. The van der Waals surface area contributed by atoms with E-state index in [4.69, 9.17) is 14.5 Å². The average molecular weight is 373 g/mol. The van der Waals surface area contributed by atoms with Gasteiger partial charge in [0.15, 0.2) is 6.10 Å². The van der Waals surface area contributed by atoms with Crippen LogP contribution >= 0.6 is 35.6 Å². The summed E-state index contributed by atoms with van der Waals surface area (Å²) in [6, 6.07) is 2.06. The lowest BCUT2D eigenvalue weighted by Crippen LogP contribution is -2.32. The van der Waals surface area contributed by atoms with Crippen molar-refractivity contribution < 1.29 is 22.4 Å². The zero-order valence-electron chi connectivity index (χ0n) is 11.9. The zero-order chi connectivity index (χ0) is 16.1. The van der Waals surface area contributed by atoms with Gasteiger partial charge in [-0.1, -0.05) is 0 Å². The minimum Gasteiger partial charge on any atom is -0.205 e. The Labute approximate surface area is 141 Å². The van der Waals surface area contributed by atoms with Gasteiger partial charge in [0.2, 0.25) is 0 Å². The van der Waals surface area contributed by atoms with Crippen LogP contribution in [-0.2, 0) is 9.22 Å². The highest BCUT2D eigenvalue weighted by molar-refractivity contribution is 8.21. The number of hydrogen-bond acceptors (Lipinski definition) is 6. The van der Waals surface area contributed by atoms with Crippen LogP contribution in [0.15, 0.2) is 0 Å². The number of thioether (sulfide) groups is 2. The van der Waals surface area contributed by atoms with Crippen LogP contribution in [0, 0.1) is 17.2 Å². The zero-order valence-corrected chi connectivity index (χ0v) is 14.4. The molecule has 1 saturated carbocycles. The quantitative estimate of drug-likeness (QED) is 0.288. The second-order valence-electron chi connectivity index (χ2n) is 5.35. The first kappa shape index (κ1) is 18.6. The van der Waals surface area contributed by atoms with Gasteiger partial charge in [0.05, 0.1) is 16.6 Å². The van der Waals surface area contributed by atoms with Crippen LogP contribution in [0.1, 0.15) is 32.1 Å². The lowest BCUT2D eigenvalue weighted by Gasteiger charge is -2.36. The Morgan fingerprint density at radius 1 is 1.27 bits per heavy atom. The van der Waals surface area contributed by atoms with Crippen LogP contribution in [0.4, 0.5) is 13.2 Å². The van der Waals surface area contributed by atoms with E-state index in [0.717, 1.165) is 25.7 Å². The third-order valence-corrected chi connectivity index (χ3v) is 8.02. The molecule has 3 nitrogen and oxygen atoms in total. The summed E-state index contributed by atoms with van der Waals surface area (Å²) in [6.45, 7) is 0. The van der Waals surface area contributed by atoms with Gasteiger partial charge in [-0.3, -0.25) is 0 Å². The smallest absolute Gasteiger partial charge is 0.205 e. The average Bonchev–Trinajstić information content (AvgIpc) is 2.91. The minimum absolute atomic E-state index is 0.0978. The van der Waals surface area contributed by atoms with Gasteiger partial charge >= 0.3 is 6.18 Å². The largest absolute Gasteiger partial charge is 0.389 e. The maximum absolute atomic E-state index is 12.0. The van der Waals surface area contributed by atoms with E-state index in [9.17, 15) is 13.2 Å². The first-order chi connectivity index (χ1) is 10.4. The lowest BCUT2D eigenvalue weighted by atomic mass is 9.85. The Hall–Kier alpha value is 0.250. The number of rotatable bonds is 6. The van der Waals surface area contributed by atoms with E-state index >= 15 is 0 Å². The number of nitrogens with zero attached hydrogens (tertiary/aromatic N) is 1. The van der Waals surface area contributed by atoms with E-state index in [-0.39, 0.29) is 11.7 Å². The third-order valence-electron chi connectivity index (χ3n) is 3.82. The molecule has 1 spiro atoms. The molecule has 126 valence electrons. The van der Waals surface area contributed by atoms with Gasteiger partial charge in [0.25, 0.3) is 0 Å². The van der Waals surface area contributed by atoms with Gasteiger partial charge in [-0.15, -0.1) is 23.5 Å². The van der Waals surface area contributed by atoms with Crippen molar-refractivity contribution in [2.24, 2.45) is 5.92 Å². The summed E-state index contributed by atoms with van der Waals surface area (Å²) >= 11 is 4.63. The van der Waals surface area contributed by atoms with E-state index in [1.165, 1.54) is 11.5 Å². The van der Waals surface area contributed by atoms with E-state index in [1.807, 2.05) is 23.5 Å². The summed E-state index contributed by atoms with van der Waals surface area (Å²) in [6.07, 6.45) is -1.93. The Balaban J connectivity index is 1.66. The van der Waals surface area contributed by atoms with Crippen molar-refractivity contribution in [3.05, 3.63) is 0 Å². The lowest BCUT2D eigenvalue weighted by molar-refractivity contribution is -0.229.